The second-order valence-corrected chi connectivity index (χ2v) is 4.56. The molecule has 5 atom stereocenters. The maximum absolute atomic E-state index is 9.50. The number of aliphatic hydroxyl groups is 3. The van der Waals surface area contributed by atoms with E-state index in [4.69, 9.17) is 15.6 Å². The van der Waals surface area contributed by atoms with E-state index in [0.29, 0.717) is 0 Å². The first kappa shape index (κ1) is 31.7. The predicted molar refractivity (Wildman–Crippen MR) is 54.0 cm³/mol. The van der Waals surface area contributed by atoms with Crippen molar-refractivity contribution >= 4 is 11.8 Å². The van der Waals surface area contributed by atoms with Crippen molar-refractivity contribution in [3.63, 3.8) is 0 Å². The topological polar surface area (TPSA) is 93.7 Å². The molecule has 96 valence electrons. The Balaban J connectivity index is -0.000000245. The molecular weight excluding hydrogens is 1110 g/mol. The van der Waals surface area contributed by atoms with E-state index in [1.54, 1.807) is 0 Å². The molecule has 0 aromatic carbocycles. The molecule has 4 N–H and O–H groups in total. The van der Waals surface area contributed by atoms with E-state index in [0.717, 1.165) is 5.75 Å². The van der Waals surface area contributed by atoms with Crippen LogP contribution in [0.15, 0.2) is 0 Å². The van der Waals surface area contributed by atoms with Gasteiger partial charge in [-0.3, -0.25) is 0 Å². The summed E-state index contributed by atoms with van der Waals surface area (Å²) in [7, 11) is 0. The summed E-state index contributed by atoms with van der Waals surface area (Å²) in [6.45, 7) is 1.58. The minimum absolute atomic E-state index is 0. The Labute approximate surface area is 255 Å². The Hall–Kier alpha value is 5.92. The Morgan fingerprint density at radius 1 is 1.11 bits per heavy atom. The molecule has 1 rings (SSSR count). The van der Waals surface area contributed by atoms with Crippen LogP contribution in [0.2, 0.25) is 0 Å². The molecular formula is C8H16Ac4NO4S-. The zero-order chi connectivity index (χ0) is 10.7. The molecule has 0 aromatic rings. The molecule has 1 heterocycles. The molecule has 3 unspecified atom stereocenters. The average Bonchev–Trinajstić information content (AvgIpc) is 2.19. The van der Waals surface area contributed by atoms with Gasteiger partial charge in [-0.05, 0) is 5.75 Å². The standard InChI is InChI=1S/C8H16NO4S.4Ac/c1-2-14-8-5(9)7(12)6(11)4(3-10)13-8;;;;/h4-12H,2-3H2,1H3;;;;/q-1;;;;/t4?,5?,6-,7?,8-;;;;/m0..../s1. The average molecular weight is 1130 g/mol. The SMILES string of the molecule is CCS[C@@H]1OC(CO)[C@H](O)C(O)C1[NH-].[Ac].[Ac].[Ac].[Ac]. The summed E-state index contributed by atoms with van der Waals surface area (Å²) in [6.07, 6.45) is -3.10. The first-order valence-electron chi connectivity index (χ1n) is 4.57. The van der Waals surface area contributed by atoms with Gasteiger partial charge >= 0.3 is 0 Å². The fourth-order valence-electron chi connectivity index (χ4n) is 1.39. The first-order valence-corrected chi connectivity index (χ1v) is 5.61. The summed E-state index contributed by atoms with van der Waals surface area (Å²) in [5, 5.41) is 27.8. The molecule has 0 bridgehead atoms. The van der Waals surface area contributed by atoms with Gasteiger partial charge in [0, 0.05) is 176 Å². The van der Waals surface area contributed by atoms with Crippen LogP contribution in [-0.4, -0.2) is 57.5 Å². The second kappa shape index (κ2) is 17.7. The zero-order valence-electron chi connectivity index (χ0n) is 10.3. The van der Waals surface area contributed by atoms with Crippen LogP contribution in [0.4, 0.5) is 0 Å². The third-order valence-electron chi connectivity index (χ3n) is 2.21. The summed E-state index contributed by atoms with van der Waals surface area (Å²) in [5.41, 5.74) is 7.12. The van der Waals surface area contributed by atoms with Crippen LogP contribution in [0.1, 0.15) is 6.92 Å². The van der Waals surface area contributed by atoms with E-state index >= 15 is 0 Å². The molecule has 0 aromatic heterocycles. The number of nitrogens with one attached hydrogen (secondary N) is 1. The van der Waals surface area contributed by atoms with E-state index in [1.165, 1.54) is 11.8 Å². The van der Waals surface area contributed by atoms with Crippen LogP contribution in [0.3, 0.4) is 0 Å². The number of thioether (sulfide) groups is 1. The van der Waals surface area contributed by atoms with Gasteiger partial charge in [0.05, 0.1) is 18.1 Å². The second-order valence-electron chi connectivity index (χ2n) is 3.19. The first-order chi connectivity index (χ1) is 6.61. The monoisotopic (exact) mass is 1130 g/mol. The molecule has 10 heteroatoms. The molecule has 1 aliphatic heterocycles. The molecule has 0 aliphatic carbocycles. The van der Waals surface area contributed by atoms with Gasteiger partial charge < -0.3 is 25.8 Å². The third-order valence-corrected chi connectivity index (χ3v) is 3.28. The smallest absolute Gasteiger partial charge is 0.110 e. The van der Waals surface area contributed by atoms with Crippen LogP contribution in [0.25, 0.3) is 5.73 Å². The normalized spacial score (nSPS) is 34.2. The van der Waals surface area contributed by atoms with Gasteiger partial charge in [-0.15, -0.1) is 11.8 Å². The molecule has 1 fully saturated rings. The Bertz CT molecular complexity index is 192. The predicted octanol–water partition coefficient (Wildman–Crippen LogP) is -0.401. The van der Waals surface area contributed by atoms with Gasteiger partial charge in [-0.2, -0.15) is 0 Å². The minimum Gasteiger partial charge on any atom is -0.670 e. The van der Waals surface area contributed by atoms with Gasteiger partial charge in [0.15, 0.2) is 0 Å². The molecule has 1 saturated heterocycles. The number of rotatable bonds is 3. The van der Waals surface area contributed by atoms with Crippen molar-refractivity contribution in [1.82, 2.24) is 0 Å². The van der Waals surface area contributed by atoms with Crippen molar-refractivity contribution in [2.75, 3.05) is 12.4 Å². The van der Waals surface area contributed by atoms with Gasteiger partial charge in [0.1, 0.15) is 12.2 Å². The van der Waals surface area contributed by atoms with Gasteiger partial charge in [0.2, 0.25) is 0 Å². The summed E-state index contributed by atoms with van der Waals surface area (Å²) in [5.74, 6) is 0.765. The van der Waals surface area contributed by atoms with E-state index in [9.17, 15) is 10.2 Å². The summed E-state index contributed by atoms with van der Waals surface area (Å²) in [4.78, 5) is 0. The molecule has 4 radical (unpaired) electrons. The van der Waals surface area contributed by atoms with Gasteiger partial charge in [-0.25, -0.2) is 0 Å². The van der Waals surface area contributed by atoms with E-state index in [2.05, 4.69) is 0 Å². The van der Waals surface area contributed by atoms with Gasteiger partial charge in [-0.1, -0.05) is 13.0 Å². The molecule has 0 saturated carbocycles. The summed E-state index contributed by atoms with van der Waals surface area (Å²) < 4.78 is 5.29. The van der Waals surface area contributed by atoms with Crippen LogP contribution in [0, 0.1) is 176 Å². The van der Waals surface area contributed by atoms with Crippen molar-refractivity contribution in [1.29, 1.82) is 0 Å². The van der Waals surface area contributed by atoms with E-state index in [-0.39, 0.29) is 183 Å². The van der Waals surface area contributed by atoms with Crippen LogP contribution < -0.4 is 0 Å². The van der Waals surface area contributed by atoms with Crippen LogP contribution in [-0.2, 0) is 4.74 Å². The Morgan fingerprint density at radius 3 is 2.00 bits per heavy atom. The number of hydrogen-bond acceptors (Lipinski definition) is 5. The van der Waals surface area contributed by atoms with Crippen molar-refractivity contribution in [3.8, 4) is 0 Å². The van der Waals surface area contributed by atoms with Crippen molar-refractivity contribution in [3.05, 3.63) is 5.73 Å². The van der Waals surface area contributed by atoms with Crippen LogP contribution >= 0.6 is 11.8 Å². The third kappa shape index (κ3) is 10.0. The molecule has 5 nitrogen and oxygen atoms in total. The molecule has 18 heavy (non-hydrogen) atoms. The summed E-state index contributed by atoms with van der Waals surface area (Å²) in [6, 6.07) is -0.863. The number of aliphatic hydroxyl groups excluding tert-OH is 3. The quantitative estimate of drug-likeness (QED) is 0.359. The minimum atomic E-state index is -1.17. The van der Waals surface area contributed by atoms with Crippen molar-refractivity contribution < 1.29 is 196 Å². The zero-order valence-corrected chi connectivity index (χ0v) is 30.1. The Kier molecular flexibility index (Phi) is 31.2. The van der Waals surface area contributed by atoms with Crippen molar-refractivity contribution in [2.24, 2.45) is 0 Å². The van der Waals surface area contributed by atoms with Crippen molar-refractivity contribution in [2.45, 2.75) is 36.7 Å². The number of ether oxygens (including phenoxy) is 1. The fraction of sp³-hybridized carbons (Fsp3) is 1.00. The Morgan fingerprint density at radius 2 is 1.61 bits per heavy atom. The van der Waals surface area contributed by atoms with E-state index < -0.39 is 29.8 Å². The molecule has 1 aliphatic rings. The largest absolute Gasteiger partial charge is 0.670 e. The van der Waals surface area contributed by atoms with E-state index in [1.807, 2.05) is 6.92 Å². The maximum Gasteiger partial charge on any atom is 0.110 e. The number of hydrogen-bond donors (Lipinski definition) is 3. The van der Waals surface area contributed by atoms with Crippen LogP contribution in [0.5, 0.6) is 0 Å². The van der Waals surface area contributed by atoms with Gasteiger partial charge in [0.25, 0.3) is 0 Å². The fourth-order valence-corrected chi connectivity index (χ4v) is 2.31. The molecule has 0 amide bonds. The summed E-state index contributed by atoms with van der Waals surface area (Å²) >= 11 is 1.39. The maximum atomic E-state index is 9.50. The molecule has 0 spiro atoms.